The molecule has 2 aromatic carbocycles. The molecule has 2 heteroatoms. The van der Waals surface area contributed by atoms with Crippen LogP contribution in [0.1, 0.15) is 22.7 Å². The van der Waals surface area contributed by atoms with Gasteiger partial charge < -0.3 is 5.73 Å². The van der Waals surface area contributed by atoms with E-state index in [1.165, 1.54) is 6.07 Å². The van der Waals surface area contributed by atoms with Gasteiger partial charge in [0, 0.05) is 5.56 Å². The van der Waals surface area contributed by atoms with Crippen molar-refractivity contribution in [3.63, 3.8) is 0 Å². The van der Waals surface area contributed by atoms with E-state index < -0.39 is 6.04 Å². The van der Waals surface area contributed by atoms with Crippen LogP contribution in [0.25, 0.3) is 0 Å². The van der Waals surface area contributed by atoms with E-state index in [4.69, 9.17) is 5.73 Å². The lowest BCUT2D eigenvalue weighted by molar-refractivity contribution is 0.599. The Labute approximate surface area is 94.7 Å². The van der Waals surface area contributed by atoms with Gasteiger partial charge in [-0.15, -0.1) is 0 Å². The molecular formula is C14H14FN. The fourth-order valence-corrected chi connectivity index (χ4v) is 1.83. The molecule has 0 heterocycles. The van der Waals surface area contributed by atoms with E-state index in [0.717, 1.165) is 11.1 Å². The third-order valence-corrected chi connectivity index (χ3v) is 2.76. The molecule has 0 aliphatic rings. The van der Waals surface area contributed by atoms with Crippen molar-refractivity contribution >= 4 is 0 Å². The van der Waals surface area contributed by atoms with Crippen LogP contribution in [0.15, 0.2) is 48.5 Å². The summed E-state index contributed by atoms with van der Waals surface area (Å²) in [7, 11) is 0. The molecule has 0 aromatic heterocycles. The van der Waals surface area contributed by atoms with Crippen molar-refractivity contribution in [1.82, 2.24) is 0 Å². The first-order valence-electron chi connectivity index (χ1n) is 5.25. The molecule has 1 nitrogen and oxygen atoms in total. The lowest BCUT2D eigenvalue weighted by Gasteiger charge is -2.15. The van der Waals surface area contributed by atoms with Crippen molar-refractivity contribution in [3.8, 4) is 0 Å². The zero-order valence-electron chi connectivity index (χ0n) is 9.15. The molecule has 0 saturated heterocycles. The Morgan fingerprint density at radius 1 is 0.938 bits per heavy atom. The Morgan fingerprint density at radius 2 is 1.50 bits per heavy atom. The maximum Gasteiger partial charge on any atom is 0.128 e. The Morgan fingerprint density at radius 3 is 2.12 bits per heavy atom. The van der Waals surface area contributed by atoms with Gasteiger partial charge in [0.15, 0.2) is 0 Å². The number of rotatable bonds is 2. The standard InChI is InChI=1S/C14H14FN/c1-10-6-2-3-7-11(10)14(16)12-8-4-5-9-13(12)15/h2-9,14H,16H2,1H3. The second-order valence-electron chi connectivity index (χ2n) is 3.86. The Bertz CT molecular complexity index is 448. The van der Waals surface area contributed by atoms with Crippen molar-refractivity contribution in [1.29, 1.82) is 0 Å². The predicted octanol–water partition coefficient (Wildman–Crippen LogP) is 3.18. The molecule has 0 spiro atoms. The topological polar surface area (TPSA) is 26.0 Å². The third kappa shape index (κ3) is 1.97. The minimum Gasteiger partial charge on any atom is -0.320 e. The third-order valence-electron chi connectivity index (χ3n) is 2.76. The van der Waals surface area contributed by atoms with Crippen LogP contribution in [0.5, 0.6) is 0 Å². The van der Waals surface area contributed by atoms with Gasteiger partial charge in [0.2, 0.25) is 0 Å². The van der Waals surface area contributed by atoms with Crippen LogP contribution in [0, 0.1) is 12.7 Å². The zero-order chi connectivity index (χ0) is 11.5. The molecule has 0 radical (unpaired) electrons. The first-order chi connectivity index (χ1) is 7.70. The summed E-state index contributed by atoms with van der Waals surface area (Å²) in [5, 5.41) is 0. The van der Waals surface area contributed by atoms with Crippen molar-refractivity contribution in [2.75, 3.05) is 0 Å². The summed E-state index contributed by atoms with van der Waals surface area (Å²) in [4.78, 5) is 0. The van der Waals surface area contributed by atoms with Gasteiger partial charge in [-0.3, -0.25) is 0 Å². The summed E-state index contributed by atoms with van der Waals surface area (Å²) in [5.41, 5.74) is 8.66. The highest BCUT2D eigenvalue weighted by atomic mass is 19.1. The summed E-state index contributed by atoms with van der Waals surface area (Å²) in [5.74, 6) is -0.252. The minimum absolute atomic E-state index is 0.252. The molecule has 2 N–H and O–H groups in total. The SMILES string of the molecule is Cc1ccccc1C(N)c1ccccc1F. The molecule has 1 atom stereocenters. The second kappa shape index (κ2) is 4.45. The van der Waals surface area contributed by atoms with Crippen LogP contribution in [-0.2, 0) is 0 Å². The normalized spacial score (nSPS) is 12.4. The number of benzene rings is 2. The molecule has 0 bridgehead atoms. The Balaban J connectivity index is 2.44. The van der Waals surface area contributed by atoms with Gasteiger partial charge in [0.05, 0.1) is 6.04 Å². The van der Waals surface area contributed by atoms with Crippen LogP contribution in [0.4, 0.5) is 4.39 Å². The van der Waals surface area contributed by atoms with Crippen LogP contribution in [0.2, 0.25) is 0 Å². The van der Waals surface area contributed by atoms with E-state index in [9.17, 15) is 4.39 Å². The van der Waals surface area contributed by atoms with Gasteiger partial charge in [0.1, 0.15) is 5.82 Å². The molecule has 2 rings (SSSR count). The highest BCUT2D eigenvalue weighted by molar-refractivity contribution is 5.36. The van der Waals surface area contributed by atoms with E-state index in [1.807, 2.05) is 31.2 Å². The minimum atomic E-state index is -0.401. The van der Waals surface area contributed by atoms with E-state index in [0.29, 0.717) is 5.56 Å². The highest BCUT2D eigenvalue weighted by Gasteiger charge is 2.14. The number of hydrogen-bond acceptors (Lipinski definition) is 1. The van der Waals surface area contributed by atoms with Crippen LogP contribution < -0.4 is 5.73 Å². The summed E-state index contributed by atoms with van der Waals surface area (Å²) in [6.45, 7) is 1.98. The molecule has 0 saturated carbocycles. The first-order valence-corrected chi connectivity index (χ1v) is 5.25. The van der Waals surface area contributed by atoms with Gasteiger partial charge in [-0.2, -0.15) is 0 Å². The average Bonchev–Trinajstić information content (AvgIpc) is 2.29. The van der Waals surface area contributed by atoms with Gasteiger partial charge in [-0.25, -0.2) is 4.39 Å². The highest BCUT2D eigenvalue weighted by Crippen LogP contribution is 2.24. The van der Waals surface area contributed by atoms with Crippen molar-refractivity contribution in [2.24, 2.45) is 5.73 Å². The summed E-state index contributed by atoms with van der Waals surface area (Å²) in [6.07, 6.45) is 0. The number of nitrogens with two attached hydrogens (primary N) is 1. The molecule has 82 valence electrons. The fourth-order valence-electron chi connectivity index (χ4n) is 1.83. The lowest BCUT2D eigenvalue weighted by Crippen LogP contribution is -2.14. The van der Waals surface area contributed by atoms with Gasteiger partial charge in [-0.1, -0.05) is 42.5 Å². The lowest BCUT2D eigenvalue weighted by atomic mass is 9.95. The fraction of sp³-hybridized carbons (Fsp3) is 0.143. The van der Waals surface area contributed by atoms with Gasteiger partial charge in [0.25, 0.3) is 0 Å². The van der Waals surface area contributed by atoms with Crippen molar-refractivity contribution < 1.29 is 4.39 Å². The Hall–Kier alpha value is -1.67. The smallest absolute Gasteiger partial charge is 0.128 e. The summed E-state index contributed by atoms with van der Waals surface area (Å²) >= 11 is 0. The maximum atomic E-state index is 13.6. The van der Waals surface area contributed by atoms with Crippen LogP contribution in [-0.4, -0.2) is 0 Å². The number of halogens is 1. The molecule has 2 aromatic rings. The maximum absolute atomic E-state index is 13.6. The molecule has 1 unspecified atom stereocenters. The summed E-state index contributed by atoms with van der Waals surface area (Å²) in [6, 6.07) is 14.0. The van der Waals surface area contributed by atoms with Crippen LogP contribution >= 0.6 is 0 Å². The monoisotopic (exact) mass is 215 g/mol. The zero-order valence-corrected chi connectivity index (χ0v) is 9.15. The van der Waals surface area contributed by atoms with Gasteiger partial charge >= 0.3 is 0 Å². The number of hydrogen-bond donors (Lipinski definition) is 1. The van der Waals surface area contributed by atoms with Crippen LogP contribution in [0.3, 0.4) is 0 Å². The molecule has 16 heavy (non-hydrogen) atoms. The Kier molecular flexibility index (Phi) is 3.02. The molecule has 0 fully saturated rings. The van der Waals surface area contributed by atoms with Gasteiger partial charge in [-0.05, 0) is 24.1 Å². The van der Waals surface area contributed by atoms with E-state index in [2.05, 4.69) is 0 Å². The van der Waals surface area contributed by atoms with Crippen molar-refractivity contribution in [3.05, 3.63) is 71.0 Å². The summed E-state index contributed by atoms with van der Waals surface area (Å²) < 4.78 is 13.6. The van der Waals surface area contributed by atoms with E-state index >= 15 is 0 Å². The second-order valence-corrected chi connectivity index (χ2v) is 3.86. The van der Waals surface area contributed by atoms with Crippen molar-refractivity contribution in [2.45, 2.75) is 13.0 Å². The predicted molar refractivity (Wildman–Crippen MR) is 63.6 cm³/mol. The van der Waals surface area contributed by atoms with E-state index in [1.54, 1.807) is 18.2 Å². The molecular weight excluding hydrogens is 201 g/mol. The molecule has 0 aliphatic heterocycles. The average molecular weight is 215 g/mol. The van der Waals surface area contributed by atoms with E-state index in [-0.39, 0.29) is 5.82 Å². The molecule has 0 aliphatic carbocycles. The first kappa shape index (κ1) is 10.8. The number of aryl methyl sites for hydroxylation is 1. The quantitative estimate of drug-likeness (QED) is 0.818. The largest absolute Gasteiger partial charge is 0.320 e. The molecule has 0 amide bonds.